The minimum atomic E-state index is -0.393. The number of hydrogen-bond donors (Lipinski definition) is 1. The van der Waals surface area contributed by atoms with Gasteiger partial charge in [0.15, 0.2) is 0 Å². The molecule has 4 nitrogen and oxygen atoms in total. The number of anilines is 1. The summed E-state index contributed by atoms with van der Waals surface area (Å²) in [5.41, 5.74) is 2.32. The summed E-state index contributed by atoms with van der Waals surface area (Å²) in [5, 5.41) is 2.50. The van der Waals surface area contributed by atoms with E-state index in [1.807, 2.05) is 37.3 Å². The second-order valence-electron chi connectivity index (χ2n) is 5.22. The Balaban J connectivity index is 2.22. The van der Waals surface area contributed by atoms with Crippen molar-refractivity contribution in [1.29, 1.82) is 0 Å². The summed E-state index contributed by atoms with van der Waals surface area (Å²) in [6.07, 6.45) is 0. The molecule has 0 saturated heterocycles. The first-order valence-electron chi connectivity index (χ1n) is 7.33. The van der Waals surface area contributed by atoms with Gasteiger partial charge in [-0.1, -0.05) is 18.2 Å². The summed E-state index contributed by atoms with van der Waals surface area (Å²) in [6.45, 7) is 3.73. The van der Waals surface area contributed by atoms with Crippen LogP contribution in [0.3, 0.4) is 0 Å². The van der Waals surface area contributed by atoms with Crippen molar-refractivity contribution in [3.63, 3.8) is 0 Å². The number of methoxy groups -OCH3 is 1. The SMILES string of the molecule is COC(=O)C(C)Sc1ccccc1C(=O)Nc1ccc(C)cc1Br. The topological polar surface area (TPSA) is 55.4 Å². The zero-order chi connectivity index (χ0) is 17.7. The highest BCUT2D eigenvalue weighted by Gasteiger charge is 2.19. The molecule has 0 bridgehead atoms. The Morgan fingerprint density at radius 1 is 1.21 bits per heavy atom. The van der Waals surface area contributed by atoms with Crippen molar-refractivity contribution in [2.45, 2.75) is 24.0 Å². The molecule has 2 aromatic carbocycles. The third-order valence-corrected chi connectivity index (χ3v) is 5.15. The van der Waals surface area contributed by atoms with E-state index in [9.17, 15) is 9.59 Å². The van der Waals surface area contributed by atoms with E-state index in [1.165, 1.54) is 18.9 Å². The molecule has 1 amide bonds. The summed E-state index contributed by atoms with van der Waals surface area (Å²) >= 11 is 4.76. The molecule has 0 aromatic heterocycles. The largest absolute Gasteiger partial charge is 0.468 e. The molecule has 0 aliphatic carbocycles. The van der Waals surface area contributed by atoms with Gasteiger partial charge in [0.1, 0.15) is 5.25 Å². The fourth-order valence-electron chi connectivity index (χ4n) is 2.07. The number of aryl methyl sites for hydroxylation is 1. The number of thioether (sulfide) groups is 1. The first kappa shape index (κ1) is 18.5. The van der Waals surface area contributed by atoms with Crippen molar-refractivity contribution < 1.29 is 14.3 Å². The molecule has 126 valence electrons. The van der Waals surface area contributed by atoms with Crippen LogP contribution in [-0.4, -0.2) is 24.2 Å². The maximum atomic E-state index is 12.6. The van der Waals surface area contributed by atoms with Gasteiger partial charge in [-0.3, -0.25) is 9.59 Å². The Labute approximate surface area is 154 Å². The third kappa shape index (κ3) is 4.61. The van der Waals surface area contributed by atoms with E-state index in [4.69, 9.17) is 4.74 Å². The van der Waals surface area contributed by atoms with Gasteiger partial charge in [-0.15, -0.1) is 11.8 Å². The van der Waals surface area contributed by atoms with Crippen LogP contribution in [0.25, 0.3) is 0 Å². The molecule has 0 aliphatic rings. The number of carbonyl (C=O) groups is 2. The van der Waals surface area contributed by atoms with Gasteiger partial charge in [0, 0.05) is 9.37 Å². The molecule has 0 radical (unpaired) electrons. The van der Waals surface area contributed by atoms with Gasteiger partial charge in [-0.25, -0.2) is 0 Å². The Hall–Kier alpha value is -1.79. The minimum Gasteiger partial charge on any atom is -0.468 e. The van der Waals surface area contributed by atoms with E-state index in [2.05, 4.69) is 21.2 Å². The van der Waals surface area contributed by atoms with E-state index in [0.29, 0.717) is 11.3 Å². The van der Waals surface area contributed by atoms with Crippen LogP contribution >= 0.6 is 27.7 Å². The fraction of sp³-hybridized carbons (Fsp3) is 0.222. The van der Waals surface area contributed by atoms with Crippen LogP contribution in [0, 0.1) is 6.92 Å². The fourth-order valence-corrected chi connectivity index (χ4v) is 3.68. The monoisotopic (exact) mass is 407 g/mol. The molecule has 0 saturated carbocycles. The first-order chi connectivity index (χ1) is 11.4. The maximum Gasteiger partial charge on any atom is 0.318 e. The predicted molar refractivity (Wildman–Crippen MR) is 101 cm³/mol. The smallest absolute Gasteiger partial charge is 0.318 e. The van der Waals surface area contributed by atoms with Crippen molar-refractivity contribution in [3.05, 3.63) is 58.1 Å². The quantitative estimate of drug-likeness (QED) is 0.578. The average Bonchev–Trinajstić information content (AvgIpc) is 2.57. The Bertz CT molecular complexity index is 764. The maximum absolute atomic E-state index is 12.6. The number of hydrogen-bond acceptors (Lipinski definition) is 4. The number of amides is 1. The van der Waals surface area contributed by atoms with E-state index in [1.54, 1.807) is 19.1 Å². The molecule has 1 N–H and O–H groups in total. The van der Waals surface area contributed by atoms with Gasteiger partial charge in [0.25, 0.3) is 5.91 Å². The van der Waals surface area contributed by atoms with Crippen LogP contribution in [0.2, 0.25) is 0 Å². The van der Waals surface area contributed by atoms with E-state index < -0.39 is 5.25 Å². The van der Waals surface area contributed by atoms with Gasteiger partial charge in [-0.05, 0) is 59.6 Å². The van der Waals surface area contributed by atoms with E-state index in [-0.39, 0.29) is 11.9 Å². The van der Waals surface area contributed by atoms with Crippen LogP contribution in [0.4, 0.5) is 5.69 Å². The number of rotatable bonds is 5. The number of esters is 1. The summed E-state index contributed by atoms with van der Waals surface area (Å²) in [5.74, 6) is -0.545. The highest BCUT2D eigenvalue weighted by atomic mass is 79.9. The van der Waals surface area contributed by atoms with Gasteiger partial charge in [0.2, 0.25) is 0 Å². The molecular weight excluding hydrogens is 390 g/mol. The molecule has 0 aliphatic heterocycles. The molecule has 0 fully saturated rings. The molecular formula is C18H18BrNO3S. The Morgan fingerprint density at radius 2 is 1.92 bits per heavy atom. The third-order valence-electron chi connectivity index (χ3n) is 3.34. The Kier molecular flexibility index (Phi) is 6.45. The van der Waals surface area contributed by atoms with Crippen molar-refractivity contribution in [2.75, 3.05) is 12.4 Å². The number of nitrogens with one attached hydrogen (secondary N) is 1. The van der Waals surface area contributed by atoms with Gasteiger partial charge >= 0.3 is 5.97 Å². The lowest BCUT2D eigenvalue weighted by atomic mass is 10.2. The zero-order valence-corrected chi connectivity index (χ0v) is 16.0. The predicted octanol–water partition coefficient (Wildman–Crippen LogP) is 4.66. The minimum absolute atomic E-state index is 0.222. The lowest BCUT2D eigenvalue weighted by molar-refractivity contribution is -0.139. The molecule has 1 unspecified atom stereocenters. The van der Waals surface area contributed by atoms with Gasteiger partial charge < -0.3 is 10.1 Å². The average molecular weight is 408 g/mol. The van der Waals surface area contributed by atoms with Crippen molar-refractivity contribution in [2.24, 2.45) is 0 Å². The highest BCUT2D eigenvalue weighted by Crippen LogP contribution is 2.29. The number of ether oxygens (including phenoxy) is 1. The number of benzene rings is 2. The van der Waals surface area contributed by atoms with Crippen molar-refractivity contribution in [1.82, 2.24) is 0 Å². The van der Waals surface area contributed by atoms with Crippen LogP contribution in [-0.2, 0) is 9.53 Å². The number of halogens is 1. The summed E-state index contributed by atoms with van der Waals surface area (Å²) in [4.78, 5) is 25.0. The molecule has 2 aromatic rings. The lowest BCUT2D eigenvalue weighted by Gasteiger charge is -2.13. The second-order valence-corrected chi connectivity index (χ2v) is 7.45. The molecule has 0 heterocycles. The van der Waals surface area contributed by atoms with Crippen LogP contribution < -0.4 is 5.32 Å². The van der Waals surface area contributed by atoms with E-state index >= 15 is 0 Å². The van der Waals surface area contributed by atoms with Gasteiger partial charge in [-0.2, -0.15) is 0 Å². The summed E-state index contributed by atoms with van der Waals surface area (Å²) in [6, 6.07) is 12.9. The number of carbonyl (C=O) groups excluding carboxylic acids is 2. The molecule has 2 rings (SSSR count). The van der Waals surface area contributed by atoms with Crippen LogP contribution in [0.15, 0.2) is 51.8 Å². The van der Waals surface area contributed by atoms with Crippen molar-refractivity contribution in [3.8, 4) is 0 Å². The molecule has 0 spiro atoms. The first-order valence-corrected chi connectivity index (χ1v) is 9.00. The highest BCUT2D eigenvalue weighted by molar-refractivity contribution is 9.10. The second kappa shape index (κ2) is 8.35. The zero-order valence-electron chi connectivity index (χ0n) is 13.6. The van der Waals surface area contributed by atoms with Crippen LogP contribution in [0.5, 0.6) is 0 Å². The molecule has 6 heteroatoms. The van der Waals surface area contributed by atoms with Gasteiger partial charge in [0.05, 0.1) is 18.4 Å². The van der Waals surface area contributed by atoms with E-state index in [0.717, 1.165) is 14.9 Å². The summed E-state index contributed by atoms with van der Waals surface area (Å²) in [7, 11) is 1.35. The molecule has 24 heavy (non-hydrogen) atoms. The summed E-state index contributed by atoms with van der Waals surface area (Å²) < 4.78 is 5.56. The normalized spacial score (nSPS) is 11.7. The van der Waals surface area contributed by atoms with Crippen LogP contribution in [0.1, 0.15) is 22.8 Å². The Morgan fingerprint density at radius 3 is 2.58 bits per heavy atom. The molecule has 1 atom stereocenters. The lowest BCUT2D eigenvalue weighted by Crippen LogP contribution is -2.17. The standard InChI is InChI=1S/C18H18BrNO3S/c1-11-8-9-15(14(19)10-11)20-17(21)13-6-4-5-7-16(13)24-12(2)18(22)23-3/h4-10,12H,1-3H3,(H,20,21). The van der Waals surface area contributed by atoms with Crippen molar-refractivity contribution >= 4 is 45.3 Å².